The van der Waals surface area contributed by atoms with Gasteiger partial charge in [-0.05, 0) is 94.5 Å². The molecule has 4 heterocycles. The zero-order valence-electron chi connectivity index (χ0n) is 29.3. The van der Waals surface area contributed by atoms with Crippen LogP contribution in [0.5, 0.6) is 5.75 Å². The maximum absolute atomic E-state index is 15.0. The number of hydrogen-bond acceptors (Lipinski definition) is 4. The van der Waals surface area contributed by atoms with Crippen LogP contribution in [0.4, 0.5) is 5.69 Å². The normalized spacial score (nSPS) is 14.6. The summed E-state index contributed by atoms with van der Waals surface area (Å²) in [6.07, 6.45) is 1.27. The predicted molar refractivity (Wildman–Crippen MR) is 201 cm³/mol. The lowest BCUT2D eigenvalue weighted by atomic mass is 9.98. The Bertz CT molecular complexity index is 2360. The highest BCUT2D eigenvalue weighted by molar-refractivity contribution is 6.35. The third-order valence-electron chi connectivity index (χ3n) is 10.1. The molecule has 0 bridgehead atoms. The standard InChI is InChI=1S/C39H40Cl2N6O3/c1-20-16-26(17-21(2)34(20)41)50-15-9-11-27-28-13-14-29(40)33(32-23(4)43-45(7)24(32)5)36(28)47-22(3)19-46(39(49)37(27)47)30-12-8-10-25-18-31(38(42)48)44(6)35(25)30/h8,10,12-14,16-18,22H,9,11,15,19H2,1-7H3,(H2,42,48)/t22-/m1/s1. The number of nitrogens with two attached hydrogens (primary N) is 1. The van der Waals surface area contributed by atoms with Crippen molar-refractivity contribution in [1.29, 1.82) is 0 Å². The van der Waals surface area contributed by atoms with Crippen molar-refractivity contribution in [2.75, 3.05) is 18.1 Å². The second-order valence-corrected chi connectivity index (χ2v) is 14.2. The number of aromatic nitrogens is 4. The zero-order chi connectivity index (χ0) is 35.8. The number of carbonyl (C=O) groups is 2. The predicted octanol–water partition coefficient (Wildman–Crippen LogP) is 8.41. The largest absolute Gasteiger partial charge is 0.494 e. The molecule has 0 fully saturated rings. The Morgan fingerprint density at radius 1 is 1.00 bits per heavy atom. The van der Waals surface area contributed by atoms with Gasteiger partial charge in [0.1, 0.15) is 17.1 Å². The van der Waals surface area contributed by atoms with Crippen LogP contribution in [-0.4, -0.2) is 43.9 Å². The zero-order valence-corrected chi connectivity index (χ0v) is 30.8. The molecule has 50 heavy (non-hydrogen) atoms. The average Bonchev–Trinajstić information content (AvgIpc) is 3.68. The highest BCUT2D eigenvalue weighted by atomic mass is 35.5. The molecule has 3 aromatic carbocycles. The number of fused-ring (bicyclic) bond motifs is 4. The summed E-state index contributed by atoms with van der Waals surface area (Å²) in [7, 11) is 3.74. The number of para-hydroxylation sites is 1. The number of ether oxygens (including phenoxy) is 1. The highest BCUT2D eigenvalue weighted by Gasteiger charge is 2.37. The molecule has 2 amide bonds. The van der Waals surface area contributed by atoms with Crippen LogP contribution in [0, 0.1) is 27.7 Å². The Morgan fingerprint density at radius 2 is 1.72 bits per heavy atom. The SMILES string of the molecule is Cc1cc(OCCCc2c3n(c4c(-c5c(C)nn(C)c5C)c(Cl)ccc24)[C@H](C)CN(c2cccc4cc(C(N)=O)n(C)c24)C3=O)cc(C)c1Cl. The van der Waals surface area contributed by atoms with E-state index >= 15 is 0 Å². The van der Waals surface area contributed by atoms with E-state index in [2.05, 4.69) is 11.5 Å². The summed E-state index contributed by atoms with van der Waals surface area (Å²) in [6, 6.07) is 15.3. The van der Waals surface area contributed by atoms with Gasteiger partial charge in [0.2, 0.25) is 0 Å². The minimum Gasteiger partial charge on any atom is -0.494 e. The smallest absolute Gasteiger partial charge is 0.275 e. The Balaban J connectivity index is 1.38. The first-order valence-electron chi connectivity index (χ1n) is 16.8. The van der Waals surface area contributed by atoms with Crippen LogP contribution in [0.3, 0.4) is 0 Å². The van der Waals surface area contributed by atoms with Crippen LogP contribution in [0.15, 0.2) is 48.5 Å². The summed E-state index contributed by atoms with van der Waals surface area (Å²) in [5.41, 5.74) is 15.8. The van der Waals surface area contributed by atoms with E-state index in [9.17, 15) is 9.59 Å². The lowest BCUT2D eigenvalue weighted by Crippen LogP contribution is -2.43. The lowest BCUT2D eigenvalue weighted by molar-refractivity contribution is 0.0956. The lowest BCUT2D eigenvalue weighted by Gasteiger charge is -2.35. The van der Waals surface area contributed by atoms with Gasteiger partial charge in [-0.25, -0.2) is 0 Å². The van der Waals surface area contributed by atoms with Gasteiger partial charge in [0.25, 0.3) is 11.8 Å². The van der Waals surface area contributed by atoms with Crippen molar-refractivity contribution >= 4 is 62.5 Å². The van der Waals surface area contributed by atoms with Crippen LogP contribution in [0.1, 0.15) is 68.4 Å². The van der Waals surface area contributed by atoms with Gasteiger partial charge in [-0.3, -0.25) is 14.3 Å². The summed E-state index contributed by atoms with van der Waals surface area (Å²) in [5, 5.41) is 7.88. The van der Waals surface area contributed by atoms with Gasteiger partial charge < -0.3 is 24.5 Å². The number of aryl methyl sites for hydroxylation is 6. The summed E-state index contributed by atoms with van der Waals surface area (Å²) in [4.78, 5) is 29.1. The molecular weight excluding hydrogens is 671 g/mol. The summed E-state index contributed by atoms with van der Waals surface area (Å²) < 4.78 is 12.0. The van der Waals surface area contributed by atoms with Crippen molar-refractivity contribution in [2.45, 2.75) is 53.5 Å². The van der Waals surface area contributed by atoms with Crippen molar-refractivity contribution in [1.82, 2.24) is 18.9 Å². The number of carbonyl (C=O) groups excluding carboxylic acids is 2. The quantitative estimate of drug-likeness (QED) is 0.160. The molecule has 6 aromatic rings. The van der Waals surface area contributed by atoms with E-state index in [1.54, 1.807) is 10.6 Å². The molecule has 1 aliphatic heterocycles. The summed E-state index contributed by atoms with van der Waals surface area (Å²) in [6.45, 7) is 11.0. The van der Waals surface area contributed by atoms with Crippen molar-refractivity contribution in [3.63, 3.8) is 0 Å². The molecular formula is C39H40Cl2N6O3. The molecule has 3 aromatic heterocycles. The Hall–Kier alpha value is -4.73. The van der Waals surface area contributed by atoms with E-state index in [1.807, 2.05) is 93.8 Å². The van der Waals surface area contributed by atoms with Gasteiger partial charge >= 0.3 is 0 Å². The maximum Gasteiger partial charge on any atom is 0.275 e. The van der Waals surface area contributed by atoms with Crippen LogP contribution in [0.2, 0.25) is 10.0 Å². The fourth-order valence-corrected chi connectivity index (χ4v) is 8.14. The molecule has 7 rings (SSSR count). The topological polar surface area (TPSA) is 100 Å². The van der Waals surface area contributed by atoms with Crippen LogP contribution in [0.25, 0.3) is 32.9 Å². The molecule has 11 heteroatoms. The highest BCUT2D eigenvalue weighted by Crippen LogP contribution is 2.45. The number of primary amides is 1. The fourth-order valence-electron chi connectivity index (χ4n) is 7.79. The maximum atomic E-state index is 15.0. The van der Waals surface area contributed by atoms with E-state index in [0.29, 0.717) is 42.4 Å². The molecule has 258 valence electrons. The first-order chi connectivity index (χ1) is 23.8. The second-order valence-electron chi connectivity index (χ2n) is 13.4. The molecule has 0 unspecified atom stereocenters. The Labute approximate surface area is 301 Å². The van der Waals surface area contributed by atoms with Gasteiger partial charge in [-0.15, -0.1) is 0 Å². The number of nitrogens with zero attached hydrogens (tertiary/aromatic N) is 5. The number of halogens is 2. The van der Waals surface area contributed by atoms with E-state index in [-0.39, 0.29) is 11.9 Å². The van der Waals surface area contributed by atoms with Gasteiger partial charge in [-0.1, -0.05) is 41.4 Å². The van der Waals surface area contributed by atoms with Crippen LogP contribution >= 0.6 is 23.2 Å². The first-order valence-corrected chi connectivity index (χ1v) is 17.5. The van der Waals surface area contributed by atoms with Crippen LogP contribution in [-0.2, 0) is 20.5 Å². The molecule has 9 nitrogen and oxygen atoms in total. The molecule has 0 aliphatic carbocycles. The summed E-state index contributed by atoms with van der Waals surface area (Å²) in [5.74, 6) is 0.133. The van der Waals surface area contributed by atoms with Gasteiger partial charge in [0.15, 0.2) is 0 Å². The first kappa shape index (κ1) is 33.8. The number of benzene rings is 3. The van der Waals surface area contributed by atoms with Gasteiger partial charge in [0, 0.05) is 59.3 Å². The van der Waals surface area contributed by atoms with E-state index in [4.69, 9.17) is 38.8 Å². The Kier molecular flexibility index (Phi) is 8.47. The molecule has 0 radical (unpaired) electrons. The van der Waals surface area contributed by atoms with Crippen molar-refractivity contribution in [3.05, 3.63) is 98.0 Å². The third-order valence-corrected chi connectivity index (χ3v) is 11.1. The van der Waals surface area contributed by atoms with Crippen molar-refractivity contribution in [3.8, 4) is 16.9 Å². The summed E-state index contributed by atoms with van der Waals surface area (Å²) >= 11 is 13.5. The minimum absolute atomic E-state index is 0.115. The number of rotatable bonds is 8. The molecule has 0 saturated heterocycles. The minimum atomic E-state index is -0.521. The van der Waals surface area contributed by atoms with E-state index < -0.39 is 5.91 Å². The number of anilines is 1. The average molecular weight is 712 g/mol. The second kappa shape index (κ2) is 12.5. The van der Waals surface area contributed by atoms with Crippen molar-refractivity contribution in [2.24, 2.45) is 19.8 Å². The number of amides is 2. The molecule has 1 atom stereocenters. The third kappa shape index (κ3) is 5.26. The monoisotopic (exact) mass is 710 g/mol. The van der Waals surface area contributed by atoms with Crippen LogP contribution < -0.4 is 15.4 Å². The van der Waals surface area contributed by atoms with Gasteiger partial charge in [0.05, 0.1) is 34.0 Å². The fraction of sp³-hybridized carbons (Fsp3) is 0.308. The number of hydrogen-bond donors (Lipinski definition) is 1. The Morgan fingerprint density at radius 3 is 2.38 bits per heavy atom. The molecule has 0 spiro atoms. The van der Waals surface area contributed by atoms with Crippen molar-refractivity contribution < 1.29 is 14.3 Å². The molecule has 1 aliphatic rings. The molecule has 2 N–H and O–H groups in total. The van der Waals surface area contributed by atoms with Gasteiger partial charge in [-0.2, -0.15) is 5.10 Å². The van der Waals surface area contributed by atoms with E-state index in [0.717, 1.165) is 77.5 Å². The molecule has 0 saturated carbocycles. The van der Waals surface area contributed by atoms with E-state index in [1.165, 1.54) is 0 Å².